The van der Waals surface area contributed by atoms with E-state index < -0.39 is 0 Å². The van der Waals surface area contributed by atoms with Crippen molar-refractivity contribution < 1.29 is 26.5 Å². The van der Waals surface area contributed by atoms with Gasteiger partial charge in [-0.1, -0.05) is 77.4 Å². The zero-order valence-electron chi connectivity index (χ0n) is 19.4. The molecular formula is C25H44BrN2O2-. The number of unbranched alkanes of at least 4 members (excludes halogenated alkanes) is 9. The zero-order valence-corrected chi connectivity index (χ0v) is 21.0. The molecule has 0 bridgehead atoms. The van der Waals surface area contributed by atoms with Crippen LogP contribution in [0.3, 0.4) is 0 Å². The normalized spacial score (nSPS) is 12.1. The van der Waals surface area contributed by atoms with Crippen LogP contribution in [0.4, 0.5) is 0 Å². The number of aromatic nitrogens is 2. The molecule has 1 aromatic heterocycles. The van der Waals surface area contributed by atoms with Crippen LogP contribution in [0.2, 0.25) is 0 Å². The van der Waals surface area contributed by atoms with Crippen molar-refractivity contribution in [1.82, 2.24) is 9.55 Å². The molecule has 5 heteroatoms. The summed E-state index contributed by atoms with van der Waals surface area (Å²) < 4.78 is 7.45. The summed E-state index contributed by atoms with van der Waals surface area (Å²) in [6, 6.07) is 0.544. The number of allylic oxidation sites excluding steroid dienone is 2. The molecule has 0 radical (unpaired) electrons. The molecular weight excluding hydrogens is 440 g/mol. The van der Waals surface area contributed by atoms with Crippen LogP contribution in [0.5, 0.6) is 0 Å². The van der Waals surface area contributed by atoms with Gasteiger partial charge in [-0.2, -0.15) is 0 Å². The van der Waals surface area contributed by atoms with Crippen LogP contribution in [-0.4, -0.2) is 22.1 Å². The first-order valence-corrected chi connectivity index (χ1v) is 12.1. The van der Waals surface area contributed by atoms with Crippen LogP contribution in [0.25, 0.3) is 0 Å². The highest BCUT2D eigenvalue weighted by Gasteiger charge is 2.08. The lowest BCUT2D eigenvalue weighted by molar-refractivity contribution is -0.143. The minimum Gasteiger partial charge on any atom is -1.00 e. The van der Waals surface area contributed by atoms with E-state index in [1.54, 1.807) is 0 Å². The van der Waals surface area contributed by atoms with Gasteiger partial charge in [-0.05, 0) is 38.5 Å². The quantitative estimate of drug-likeness (QED) is 0.166. The van der Waals surface area contributed by atoms with E-state index in [1.807, 2.05) is 12.5 Å². The van der Waals surface area contributed by atoms with E-state index in [1.165, 1.54) is 51.4 Å². The third-order valence-corrected chi connectivity index (χ3v) is 5.42. The van der Waals surface area contributed by atoms with Crippen LogP contribution in [0.1, 0.15) is 116 Å². The van der Waals surface area contributed by atoms with Crippen LogP contribution in [0.15, 0.2) is 30.9 Å². The Labute approximate surface area is 195 Å². The molecule has 0 aliphatic carbocycles. The Bertz CT molecular complexity index is 517. The number of halogens is 1. The Morgan fingerprint density at radius 2 is 1.70 bits per heavy atom. The van der Waals surface area contributed by atoms with Gasteiger partial charge in [-0.25, -0.2) is 4.98 Å². The van der Waals surface area contributed by atoms with Crippen LogP contribution in [-0.2, 0) is 9.53 Å². The number of ether oxygens (including phenoxy) is 1. The number of rotatable bonds is 19. The summed E-state index contributed by atoms with van der Waals surface area (Å²) in [4.78, 5) is 15.7. The van der Waals surface area contributed by atoms with Crippen molar-refractivity contribution >= 4 is 5.97 Å². The number of imidazole rings is 1. The average molecular weight is 485 g/mol. The van der Waals surface area contributed by atoms with Crippen molar-refractivity contribution in [3.63, 3.8) is 0 Å². The van der Waals surface area contributed by atoms with Crippen LogP contribution >= 0.6 is 0 Å². The molecule has 0 aliphatic rings. The molecule has 0 aliphatic heterocycles. The highest BCUT2D eigenvalue weighted by Crippen LogP contribution is 2.21. The highest BCUT2D eigenvalue weighted by atomic mass is 79.9. The number of carbonyl (C=O) groups is 1. The second-order valence-electron chi connectivity index (χ2n) is 8.10. The van der Waals surface area contributed by atoms with Crippen molar-refractivity contribution in [1.29, 1.82) is 0 Å². The summed E-state index contributed by atoms with van der Waals surface area (Å²) in [6.07, 6.45) is 27.8. The van der Waals surface area contributed by atoms with Crippen LogP contribution < -0.4 is 17.0 Å². The van der Waals surface area contributed by atoms with Gasteiger partial charge < -0.3 is 26.3 Å². The van der Waals surface area contributed by atoms with Gasteiger partial charge in [-0.15, -0.1) is 0 Å². The molecule has 0 N–H and O–H groups in total. The minimum atomic E-state index is -0.0245. The molecule has 1 unspecified atom stereocenters. The predicted molar refractivity (Wildman–Crippen MR) is 122 cm³/mol. The second kappa shape index (κ2) is 21.1. The average Bonchev–Trinajstić information content (AvgIpc) is 3.25. The Hall–Kier alpha value is -1.10. The third kappa shape index (κ3) is 15.7. The molecule has 1 rings (SSSR count). The SMILES string of the molecule is CCCCCCC(C/C=C\CCCCCCCC(=O)OCCCC)n1ccnc1.[Br-]. The van der Waals surface area contributed by atoms with Crippen molar-refractivity contribution in [3.8, 4) is 0 Å². The Kier molecular flexibility index (Phi) is 20.4. The Balaban J connectivity index is 0.00000841. The first-order chi connectivity index (χ1) is 14.3. The van der Waals surface area contributed by atoms with E-state index in [2.05, 4.69) is 41.7 Å². The summed E-state index contributed by atoms with van der Waals surface area (Å²) in [7, 11) is 0. The molecule has 0 saturated heterocycles. The topological polar surface area (TPSA) is 44.1 Å². The molecule has 4 nitrogen and oxygen atoms in total. The highest BCUT2D eigenvalue weighted by molar-refractivity contribution is 5.69. The predicted octanol–water partition coefficient (Wildman–Crippen LogP) is 4.42. The molecule has 0 aromatic carbocycles. The zero-order chi connectivity index (χ0) is 21.0. The number of hydrogen-bond acceptors (Lipinski definition) is 3. The van der Waals surface area contributed by atoms with Crippen molar-refractivity contribution in [3.05, 3.63) is 30.9 Å². The molecule has 0 amide bonds. The molecule has 30 heavy (non-hydrogen) atoms. The molecule has 1 aromatic rings. The monoisotopic (exact) mass is 483 g/mol. The summed E-state index contributed by atoms with van der Waals surface area (Å²) >= 11 is 0. The first-order valence-electron chi connectivity index (χ1n) is 12.1. The molecule has 0 saturated carbocycles. The fourth-order valence-electron chi connectivity index (χ4n) is 3.52. The van der Waals surface area contributed by atoms with Gasteiger partial charge >= 0.3 is 5.97 Å². The van der Waals surface area contributed by atoms with E-state index in [4.69, 9.17) is 4.74 Å². The first kappa shape index (κ1) is 28.9. The van der Waals surface area contributed by atoms with Gasteiger partial charge in [0.2, 0.25) is 0 Å². The summed E-state index contributed by atoms with van der Waals surface area (Å²) in [5, 5.41) is 0. The van der Waals surface area contributed by atoms with Crippen molar-refractivity contribution in [2.75, 3.05) is 6.61 Å². The van der Waals surface area contributed by atoms with Gasteiger partial charge in [0.05, 0.1) is 12.9 Å². The smallest absolute Gasteiger partial charge is 0.305 e. The minimum absolute atomic E-state index is 0. The fraction of sp³-hybridized carbons (Fsp3) is 0.760. The van der Waals surface area contributed by atoms with Crippen molar-refractivity contribution in [2.24, 2.45) is 0 Å². The van der Waals surface area contributed by atoms with E-state index in [0.717, 1.165) is 38.5 Å². The standard InChI is InChI=1S/C25H44N2O2.BrH/c1-3-5-7-14-17-24(27-21-20-26-23-27)18-15-12-10-8-9-11-13-16-19-25(28)29-22-6-4-2;/h12,15,20-21,23-24H,3-11,13-14,16-19,22H2,1-2H3;1H/p-1/b15-12-;. The molecule has 0 fully saturated rings. The Morgan fingerprint density at radius 3 is 2.43 bits per heavy atom. The second-order valence-corrected chi connectivity index (χ2v) is 8.10. The number of nitrogens with zero attached hydrogens (tertiary/aromatic N) is 2. The van der Waals surface area contributed by atoms with E-state index in [9.17, 15) is 4.79 Å². The third-order valence-electron chi connectivity index (χ3n) is 5.42. The maximum absolute atomic E-state index is 11.5. The largest absolute Gasteiger partial charge is 1.00 e. The van der Waals surface area contributed by atoms with Gasteiger partial charge in [0.25, 0.3) is 0 Å². The van der Waals surface area contributed by atoms with Gasteiger partial charge in [0.1, 0.15) is 0 Å². The van der Waals surface area contributed by atoms with Crippen molar-refractivity contribution in [2.45, 2.75) is 116 Å². The summed E-state index contributed by atoms with van der Waals surface area (Å²) in [6.45, 7) is 4.95. The number of esters is 1. The molecule has 1 atom stereocenters. The maximum atomic E-state index is 11.5. The lowest BCUT2D eigenvalue weighted by Gasteiger charge is -2.16. The van der Waals surface area contributed by atoms with Gasteiger partial charge in [0.15, 0.2) is 0 Å². The van der Waals surface area contributed by atoms with Gasteiger partial charge in [-0.3, -0.25) is 4.79 Å². The molecule has 0 spiro atoms. The molecule has 174 valence electrons. The number of hydrogen-bond donors (Lipinski definition) is 0. The van der Waals surface area contributed by atoms with Crippen LogP contribution in [0, 0.1) is 0 Å². The lowest BCUT2D eigenvalue weighted by Crippen LogP contribution is -3.00. The van der Waals surface area contributed by atoms with E-state index in [-0.39, 0.29) is 23.0 Å². The number of carbonyl (C=O) groups excluding carboxylic acids is 1. The fourth-order valence-corrected chi connectivity index (χ4v) is 3.52. The summed E-state index contributed by atoms with van der Waals surface area (Å²) in [5.74, 6) is -0.0245. The lowest BCUT2D eigenvalue weighted by atomic mass is 10.0. The summed E-state index contributed by atoms with van der Waals surface area (Å²) in [5.41, 5.74) is 0. The Morgan fingerprint density at radius 1 is 0.967 bits per heavy atom. The van der Waals surface area contributed by atoms with E-state index >= 15 is 0 Å². The molecule has 1 heterocycles. The van der Waals surface area contributed by atoms with Gasteiger partial charge in [0, 0.05) is 24.9 Å². The maximum Gasteiger partial charge on any atom is 0.305 e. The van der Waals surface area contributed by atoms with E-state index in [0.29, 0.717) is 19.1 Å².